The van der Waals surface area contributed by atoms with E-state index in [1.807, 2.05) is 66.9 Å². The fourth-order valence-electron chi connectivity index (χ4n) is 4.32. The number of anilines is 1. The molecule has 1 atom stereocenters. The van der Waals surface area contributed by atoms with Crippen LogP contribution >= 0.6 is 0 Å². The lowest BCUT2D eigenvalue weighted by molar-refractivity contribution is -0.114. The van der Waals surface area contributed by atoms with Crippen LogP contribution in [0.3, 0.4) is 0 Å². The van der Waals surface area contributed by atoms with Crippen LogP contribution in [0.1, 0.15) is 35.1 Å². The minimum Gasteiger partial charge on any atom is -0.456 e. The van der Waals surface area contributed by atoms with E-state index in [-0.39, 0.29) is 11.8 Å². The number of hydrogen-bond acceptors (Lipinski definition) is 3. The van der Waals surface area contributed by atoms with Crippen molar-refractivity contribution < 1.29 is 9.53 Å². The van der Waals surface area contributed by atoms with Crippen molar-refractivity contribution in [2.24, 2.45) is 4.99 Å². The first kappa shape index (κ1) is 22.4. The van der Waals surface area contributed by atoms with Crippen LogP contribution in [-0.4, -0.2) is 12.1 Å². The summed E-state index contributed by atoms with van der Waals surface area (Å²) in [6.07, 6.45) is 1.91. The monoisotopic (exact) mass is 458 g/mol. The summed E-state index contributed by atoms with van der Waals surface area (Å²) in [5.41, 5.74) is 7.04. The Kier molecular flexibility index (Phi) is 6.27. The smallest absolute Gasteiger partial charge is 0.221 e. The first-order chi connectivity index (χ1) is 17.1. The van der Waals surface area contributed by atoms with Crippen LogP contribution in [0.15, 0.2) is 114 Å². The highest BCUT2D eigenvalue weighted by molar-refractivity contribution is 5.95. The van der Waals surface area contributed by atoms with E-state index >= 15 is 0 Å². The average Bonchev–Trinajstić information content (AvgIpc) is 2.88. The van der Waals surface area contributed by atoms with Crippen molar-refractivity contribution in [3.05, 3.63) is 131 Å². The summed E-state index contributed by atoms with van der Waals surface area (Å²) in [6, 6.07) is 34.5. The van der Waals surface area contributed by atoms with Crippen LogP contribution in [-0.2, 0) is 4.79 Å². The number of para-hydroxylation sites is 1. The van der Waals surface area contributed by atoms with Crippen molar-refractivity contribution >= 4 is 29.3 Å². The second-order valence-electron chi connectivity index (χ2n) is 8.62. The van der Waals surface area contributed by atoms with Gasteiger partial charge in [-0.2, -0.15) is 0 Å². The molecule has 5 rings (SSSR count). The Hall–Kier alpha value is -4.44. The van der Waals surface area contributed by atoms with Crippen molar-refractivity contribution in [1.29, 1.82) is 0 Å². The van der Waals surface area contributed by atoms with E-state index in [2.05, 4.69) is 54.7 Å². The number of nitrogens with one attached hydrogen (secondary N) is 1. The standard InChI is InChI=1S/C31H26N2O2/c1-21-12-14-23(15-13-21)30-27-10-6-7-11-29(27)35-31(24-8-4-3-5-9-24)28(30)20-32-25-16-18-26(19-17-25)33-22(2)34/h3-20,30H,1-2H3,(H,33,34)/t30-/m0/s1. The van der Waals surface area contributed by atoms with Crippen molar-refractivity contribution in [1.82, 2.24) is 0 Å². The second kappa shape index (κ2) is 9.82. The van der Waals surface area contributed by atoms with Gasteiger partial charge in [-0.15, -0.1) is 0 Å². The van der Waals surface area contributed by atoms with Gasteiger partial charge in [-0.25, -0.2) is 0 Å². The molecule has 0 fully saturated rings. The fraction of sp³-hybridized carbons (Fsp3) is 0.0968. The van der Waals surface area contributed by atoms with Gasteiger partial charge in [0.15, 0.2) is 0 Å². The summed E-state index contributed by atoms with van der Waals surface area (Å²) in [7, 11) is 0. The van der Waals surface area contributed by atoms with Gasteiger partial charge in [-0.1, -0.05) is 78.4 Å². The first-order valence-corrected chi connectivity index (χ1v) is 11.6. The molecule has 0 saturated heterocycles. The topological polar surface area (TPSA) is 50.7 Å². The molecule has 0 bridgehead atoms. The van der Waals surface area contributed by atoms with Crippen molar-refractivity contribution in [3.63, 3.8) is 0 Å². The van der Waals surface area contributed by atoms with Crippen molar-refractivity contribution in [2.45, 2.75) is 19.8 Å². The minimum absolute atomic E-state index is 0.0295. The SMILES string of the molecule is CC(=O)Nc1ccc(N=CC2=C(c3ccccc3)Oc3ccccc3[C@@H]2c2ccc(C)cc2)cc1. The number of amides is 1. The Bertz CT molecular complexity index is 1400. The Labute approximate surface area is 205 Å². The molecule has 1 aliphatic heterocycles. The summed E-state index contributed by atoms with van der Waals surface area (Å²) in [6.45, 7) is 3.59. The number of benzene rings is 4. The summed E-state index contributed by atoms with van der Waals surface area (Å²) < 4.78 is 6.50. The van der Waals surface area contributed by atoms with E-state index in [9.17, 15) is 4.79 Å². The number of nitrogens with zero attached hydrogens (tertiary/aromatic N) is 1. The van der Waals surface area contributed by atoms with Crippen LogP contribution in [0, 0.1) is 6.92 Å². The molecule has 35 heavy (non-hydrogen) atoms. The molecule has 172 valence electrons. The Morgan fingerprint density at radius 3 is 2.26 bits per heavy atom. The lowest BCUT2D eigenvalue weighted by Crippen LogP contribution is -2.17. The van der Waals surface area contributed by atoms with Crippen molar-refractivity contribution in [3.8, 4) is 5.75 Å². The van der Waals surface area contributed by atoms with E-state index in [4.69, 9.17) is 9.73 Å². The summed E-state index contributed by atoms with van der Waals surface area (Å²) in [5.74, 6) is 1.53. The molecule has 1 amide bonds. The first-order valence-electron chi connectivity index (χ1n) is 11.6. The molecule has 0 spiro atoms. The highest BCUT2D eigenvalue weighted by atomic mass is 16.5. The number of aliphatic imine (C=N–C) groups is 1. The summed E-state index contributed by atoms with van der Waals surface area (Å²) >= 11 is 0. The van der Waals surface area contributed by atoms with Gasteiger partial charge >= 0.3 is 0 Å². The zero-order chi connectivity index (χ0) is 24.2. The third-order valence-corrected chi connectivity index (χ3v) is 6.00. The Morgan fingerprint density at radius 2 is 1.54 bits per heavy atom. The van der Waals surface area contributed by atoms with Crippen molar-refractivity contribution in [2.75, 3.05) is 5.32 Å². The zero-order valence-electron chi connectivity index (χ0n) is 19.7. The third kappa shape index (κ3) is 4.92. The quantitative estimate of drug-likeness (QED) is 0.319. The molecule has 1 N–H and O–H groups in total. The van der Waals surface area contributed by atoms with Crippen LogP contribution < -0.4 is 10.1 Å². The number of aryl methyl sites for hydroxylation is 1. The molecular weight excluding hydrogens is 432 g/mol. The molecule has 0 aromatic heterocycles. The molecule has 4 heteroatoms. The predicted molar refractivity (Wildman–Crippen MR) is 142 cm³/mol. The van der Waals surface area contributed by atoms with E-state index in [1.54, 1.807) is 0 Å². The van der Waals surface area contributed by atoms with Crippen LogP contribution in [0.5, 0.6) is 5.75 Å². The van der Waals surface area contributed by atoms with Gasteiger partial charge < -0.3 is 10.1 Å². The Balaban J connectivity index is 1.64. The second-order valence-corrected chi connectivity index (χ2v) is 8.62. The molecule has 0 unspecified atom stereocenters. The number of carbonyl (C=O) groups excluding carboxylic acids is 1. The predicted octanol–water partition coefficient (Wildman–Crippen LogP) is 7.29. The minimum atomic E-state index is -0.0992. The van der Waals surface area contributed by atoms with Gasteiger partial charge in [0.25, 0.3) is 0 Å². The van der Waals surface area contributed by atoms with Gasteiger partial charge in [0.2, 0.25) is 5.91 Å². The largest absolute Gasteiger partial charge is 0.456 e. The molecule has 1 heterocycles. The van der Waals surface area contributed by atoms with Crippen LogP contribution in [0.25, 0.3) is 5.76 Å². The molecule has 4 aromatic rings. The number of allylic oxidation sites excluding steroid dienone is 1. The number of carbonyl (C=O) groups is 1. The Morgan fingerprint density at radius 1 is 0.857 bits per heavy atom. The summed E-state index contributed by atoms with van der Waals surface area (Å²) in [5, 5.41) is 2.79. The molecular formula is C31H26N2O2. The van der Waals surface area contributed by atoms with Crippen LogP contribution in [0.2, 0.25) is 0 Å². The van der Waals surface area contributed by atoms with E-state index in [0.29, 0.717) is 0 Å². The third-order valence-electron chi connectivity index (χ3n) is 6.00. The number of fused-ring (bicyclic) bond motifs is 1. The highest BCUT2D eigenvalue weighted by Crippen LogP contribution is 2.45. The van der Waals surface area contributed by atoms with Gasteiger partial charge in [-0.05, 0) is 42.8 Å². The molecule has 0 aliphatic carbocycles. The lowest BCUT2D eigenvalue weighted by atomic mass is 9.81. The number of ether oxygens (including phenoxy) is 1. The van der Waals surface area contributed by atoms with Gasteiger partial charge in [0.1, 0.15) is 11.5 Å². The maximum Gasteiger partial charge on any atom is 0.221 e. The van der Waals surface area contributed by atoms with Crippen LogP contribution in [0.4, 0.5) is 11.4 Å². The lowest BCUT2D eigenvalue weighted by Gasteiger charge is -2.30. The zero-order valence-corrected chi connectivity index (χ0v) is 19.7. The van der Waals surface area contributed by atoms with Gasteiger partial charge in [0.05, 0.1) is 5.69 Å². The number of hydrogen-bond donors (Lipinski definition) is 1. The maximum absolute atomic E-state index is 11.3. The average molecular weight is 459 g/mol. The van der Waals surface area contributed by atoms with E-state index < -0.39 is 0 Å². The fourth-order valence-corrected chi connectivity index (χ4v) is 4.32. The van der Waals surface area contributed by atoms with Gasteiger partial charge in [-0.3, -0.25) is 9.79 Å². The molecule has 1 aliphatic rings. The van der Waals surface area contributed by atoms with Gasteiger partial charge in [0, 0.05) is 41.4 Å². The molecule has 4 nitrogen and oxygen atoms in total. The maximum atomic E-state index is 11.3. The van der Waals surface area contributed by atoms with E-state index in [0.717, 1.165) is 39.6 Å². The molecule has 0 saturated carbocycles. The number of rotatable bonds is 5. The molecule has 4 aromatic carbocycles. The van der Waals surface area contributed by atoms with E-state index in [1.165, 1.54) is 18.1 Å². The normalized spacial score (nSPS) is 15.0. The molecule has 0 radical (unpaired) electrons. The highest BCUT2D eigenvalue weighted by Gasteiger charge is 2.30. The summed E-state index contributed by atoms with van der Waals surface area (Å²) in [4.78, 5) is 16.1.